The van der Waals surface area contributed by atoms with Gasteiger partial charge in [-0.1, -0.05) is 60.7 Å². The Morgan fingerprint density at radius 1 is 1.00 bits per heavy atom. The number of carbonyl (C=O) groups is 2. The van der Waals surface area contributed by atoms with Gasteiger partial charge < -0.3 is 25.7 Å². The third-order valence-corrected chi connectivity index (χ3v) is 5.74. The summed E-state index contributed by atoms with van der Waals surface area (Å²) in [5.41, 5.74) is 3.22. The maximum atomic E-state index is 12.6. The van der Waals surface area contributed by atoms with Crippen molar-refractivity contribution in [3.05, 3.63) is 83.6 Å². The normalized spacial score (nSPS) is 15.6. The molecule has 4 N–H and O–H groups in total. The van der Waals surface area contributed by atoms with Gasteiger partial charge in [0, 0.05) is 20.1 Å². The number of rotatable bonds is 7. The quantitative estimate of drug-likeness (QED) is 0.513. The predicted octanol–water partition coefficient (Wildman–Crippen LogP) is 1.95. The summed E-state index contributed by atoms with van der Waals surface area (Å²) in [5.74, 6) is -1.44. The number of nitrogens with zero attached hydrogens (tertiary/aromatic N) is 1. The third-order valence-electron chi connectivity index (χ3n) is 5.74. The molecule has 0 saturated carbocycles. The molecule has 3 atom stereocenters. The molecule has 2 amide bonds. The van der Waals surface area contributed by atoms with Gasteiger partial charge in [-0.3, -0.25) is 9.59 Å². The number of benzene rings is 2. The third kappa shape index (κ3) is 7.17. The number of aliphatic hydroxyl groups is 2. The summed E-state index contributed by atoms with van der Waals surface area (Å²) in [7, 11) is 3.47. The van der Waals surface area contributed by atoms with E-state index in [1.165, 1.54) is 16.0 Å². The van der Waals surface area contributed by atoms with Crippen molar-refractivity contribution < 1.29 is 19.8 Å². The van der Waals surface area contributed by atoms with Crippen molar-refractivity contribution in [3.63, 3.8) is 0 Å². The van der Waals surface area contributed by atoms with E-state index in [9.17, 15) is 19.8 Å². The number of amides is 2. The lowest BCUT2D eigenvalue weighted by atomic mass is 10.1. The Kier molecular flexibility index (Phi) is 10.1. The molecule has 0 saturated heterocycles. The Bertz CT molecular complexity index is 907. The Morgan fingerprint density at radius 2 is 1.55 bits per heavy atom. The minimum absolute atomic E-state index is 0.0990. The molecule has 0 bridgehead atoms. The van der Waals surface area contributed by atoms with Crippen molar-refractivity contribution in [1.29, 1.82) is 0 Å². The molecule has 0 spiro atoms. The van der Waals surface area contributed by atoms with Gasteiger partial charge in [-0.15, -0.1) is 0 Å². The molecule has 178 valence electrons. The number of hydrogen-bond acceptors (Lipinski definition) is 5. The average Bonchev–Trinajstić information content (AvgIpc) is 3.28. The highest BCUT2D eigenvalue weighted by molar-refractivity contribution is 5.91. The summed E-state index contributed by atoms with van der Waals surface area (Å²) in [5, 5.41) is 26.0. The van der Waals surface area contributed by atoms with Gasteiger partial charge in [0.2, 0.25) is 0 Å². The summed E-state index contributed by atoms with van der Waals surface area (Å²) in [6.07, 6.45) is 1.57. The lowest BCUT2D eigenvalue weighted by molar-refractivity contribution is -0.153. The average molecular weight is 454 g/mol. The van der Waals surface area contributed by atoms with Crippen LogP contribution in [-0.4, -0.2) is 59.3 Å². The van der Waals surface area contributed by atoms with Crippen molar-refractivity contribution in [2.75, 3.05) is 14.1 Å². The lowest BCUT2D eigenvalue weighted by Gasteiger charge is -2.28. The van der Waals surface area contributed by atoms with Crippen LogP contribution in [0.4, 0.5) is 0 Å². The fraction of sp³-hybridized carbons (Fsp3) is 0.385. The highest BCUT2D eigenvalue weighted by atomic mass is 16.3. The van der Waals surface area contributed by atoms with Crippen LogP contribution in [0.5, 0.6) is 0 Å². The van der Waals surface area contributed by atoms with Crippen LogP contribution in [0.15, 0.2) is 66.9 Å². The van der Waals surface area contributed by atoms with E-state index < -0.39 is 24.0 Å². The Balaban J connectivity index is 0.000000696. The van der Waals surface area contributed by atoms with E-state index in [1.807, 2.05) is 80.8 Å². The molecule has 7 heteroatoms. The van der Waals surface area contributed by atoms with Gasteiger partial charge in [0.1, 0.15) is 0 Å². The van der Waals surface area contributed by atoms with Crippen molar-refractivity contribution in [2.24, 2.45) is 0 Å². The predicted molar refractivity (Wildman–Crippen MR) is 129 cm³/mol. The smallest absolute Gasteiger partial charge is 0.254 e. The van der Waals surface area contributed by atoms with Crippen LogP contribution in [0.3, 0.4) is 0 Å². The zero-order chi connectivity index (χ0) is 24.4. The highest BCUT2D eigenvalue weighted by Crippen LogP contribution is 2.25. The molecule has 33 heavy (non-hydrogen) atoms. The zero-order valence-electron chi connectivity index (χ0n) is 19.7. The Hall–Kier alpha value is -3.16. The summed E-state index contributed by atoms with van der Waals surface area (Å²) in [6.45, 7) is 3.74. The number of fused-ring (bicyclic) bond motifs is 1. The number of allylic oxidation sites excluding steroid dienone is 1. The molecule has 0 aromatic heterocycles. The van der Waals surface area contributed by atoms with Gasteiger partial charge in [0.05, 0.1) is 6.04 Å². The van der Waals surface area contributed by atoms with E-state index in [0.29, 0.717) is 12.8 Å². The maximum Gasteiger partial charge on any atom is 0.254 e. The van der Waals surface area contributed by atoms with Gasteiger partial charge >= 0.3 is 0 Å². The standard InChI is InChI=1S/C22H26N2O4.C4H9N/c1-14(15-8-4-3-5-9-15)23-21(27)19(25)20(26)22(28)24(2)18-12-16-10-6-7-11-17(16)13-18;1-3-4-5-2/h3-11,14,18-20,25-26H,12-13H2,1-2H3,(H,23,27);3-5H,1-2H3/b;4-3-/t14?,19-,20?;/m1./s1. The SMILES string of the molecule is C/C=C\NC.CC(NC(=O)[C@H](O)C(O)C(=O)N(C)C1Cc2ccccc2C1)c1ccccc1. The molecule has 7 nitrogen and oxygen atoms in total. The van der Waals surface area contributed by atoms with E-state index in [4.69, 9.17) is 0 Å². The second-order valence-electron chi connectivity index (χ2n) is 8.10. The Morgan fingerprint density at radius 3 is 2.03 bits per heavy atom. The fourth-order valence-electron chi connectivity index (χ4n) is 3.77. The van der Waals surface area contributed by atoms with Crippen LogP contribution in [-0.2, 0) is 22.4 Å². The van der Waals surface area contributed by atoms with Crippen LogP contribution >= 0.6 is 0 Å². The van der Waals surface area contributed by atoms with Crippen molar-refractivity contribution in [3.8, 4) is 0 Å². The topological polar surface area (TPSA) is 102 Å². The second kappa shape index (κ2) is 12.8. The first-order valence-corrected chi connectivity index (χ1v) is 11.1. The van der Waals surface area contributed by atoms with Crippen LogP contribution in [0.1, 0.15) is 36.6 Å². The van der Waals surface area contributed by atoms with Gasteiger partial charge in [0.15, 0.2) is 12.2 Å². The largest absolute Gasteiger partial charge is 0.394 e. The molecule has 1 aliphatic carbocycles. The van der Waals surface area contributed by atoms with Crippen molar-refractivity contribution in [1.82, 2.24) is 15.5 Å². The highest BCUT2D eigenvalue weighted by Gasteiger charge is 2.36. The van der Waals surface area contributed by atoms with E-state index in [1.54, 1.807) is 14.0 Å². The molecule has 0 heterocycles. The molecule has 0 radical (unpaired) electrons. The maximum absolute atomic E-state index is 12.6. The van der Waals surface area contributed by atoms with Crippen LogP contribution in [0.25, 0.3) is 0 Å². The monoisotopic (exact) mass is 453 g/mol. The number of aliphatic hydroxyl groups excluding tert-OH is 2. The molecule has 2 unspecified atom stereocenters. The molecular formula is C26H35N3O4. The first-order chi connectivity index (χ1) is 15.8. The van der Waals surface area contributed by atoms with E-state index >= 15 is 0 Å². The number of nitrogens with one attached hydrogen (secondary N) is 2. The van der Waals surface area contributed by atoms with E-state index in [0.717, 1.165) is 5.56 Å². The van der Waals surface area contributed by atoms with Crippen molar-refractivity contribution in [2.45, 2.75) is 51.0 Å². The molecule has 0 fully saturated rings. The lowest BCUT2D eigenvalue weighted by Crippen LogP contribution is -2.52. The first-order valence-electron chi connectivity index (χ1n) is 11.1. The molecule has 1 aliphatic rings. The summed E-state index contributed by atoms with van der Waals surface area (Å²) in [6, 6.07) is 16.8. The van der Waals surface area contributed by atoms with Crippen LogP contribution in [0.2, 0.25) is 0 Å². The molecule has 2 aromatic carbocycles. The van der Waals surface area contributed by atoms with E-state index in [-0.39, 0.29) is 12.1 Å². The van der Waals surface area contributed by atoms with E-state index in [2.05, 4.69) is 10.6 Å². The summed E-state index contributed by atoms with van der Waals surface area (Å²) in [4.78, 5) is 26.4. The number of likely N-dealkylation sites (N-methyl/N-ethyl adjacent to an activating group) is 1. The van der Waals surface area contributed by atoms with Gasteiger partial charge in [0.25, 0.3) is 11.8 Å². The molecule has 2 aromatic rings. The first kappa shape index (κ1) is 26.1. The minimum Gasteiger partial charge on any atom is -0.394 e. The van der Waals surface area contributed by atoms with Gasteiger partial charge in [-0.05, 0) is 49.6 Å². The van der Waals surface area contributed by atoms with Crippen LogP contribution in [0, 0.1) is 0 Å². The second-order valence-corrected chi connectivity index (χ2v) is 8.10. The molecule has 0 aliphatic heterocycles. The molecule has 3 rings (SSSR count). The van der Waals surface area contributed by atoms with Gasteiger partial charge in [-0.2, -0.15) is 0 Å². The van der Waals surface area contributed by atoms with Gasteiger partial charge in [-0.25, -0.2) is 0 Å². The van der Waals surface area contributed by atoms with Crippen LogP contribution < -0.4 is 10.6 Å². The number of carbonyl (C=O) groups excluding carboxylic acids is 2. The number of hydrogen-bond donors (Lipinski definition) is 4. The van der Waals surface area contributed by atoms with Crippen molar-refractivity contribution >= 4 is 11.8 Å². The molecular weight excluding hydrogens is 418 g/mol. The minimum atomic E-state index is -1.83. The fourth-order valence-corrected chi connectivity index (χ4v) is 3.77. The summed E-state index contributed by atoms with van der Waals surface area (Å²) >= 11 is 0. The Labute approximate surface area is 196 Å². The summed E-state index contributed by atoms with van der Waals surface area (Å²) < 4.78 is 0. The zero-order valence-corrected chi connectivity index (χ0v) is 19.7.